The van der Waals surface area contributed by atoms with Crippen LogP contribution in [0, 0.1) is 12.7 Å². The predicted molar refractivity (Wildman–Crippen MR) is 70.9 cm³/mol. The predicted octanol–water partition coefficient (Wildman–Crippen LogP) is 2.25. The van der Waals surface area contributed by atoms with Gasteiger partial charge in [-0.25, -0.2) is 4.39 Å². The summed E-state index contributed by atoms with van der Waals surface area (Å²) in [5.41, 5.74) is 7.68. The quantitative estimate of drug-likeness (QED) is 0.899. The van der Waals surface area contributed by atoms with Crippen molar-refractivity contribution in [1.82, 2.24) is 10.1 Å². The molecule has 1 atom stereocenters. The molecule has 0 aliphatic heterocycles. The van der Waals surface area contributed by atoms with Gasteiger partial charge in [-0.2, -0.15) is 0 Å². The van der Waals surface area contributed by atoms with E-state index < -0.39 is 0 Å². The molecule has 0 saturated heterocycles. The van der Waals surface area contributed by atoms with Gasteiger partial charge in [0, 0.05) is 25.2 Å². The smallest absolute Gasteiger partial charge is 0.133 e. The zero-order valence-corrected chi connectivity index (χ0v) is 11.1. The number of likely N-dealkylation sites (N-methyl/N-ethyl adjacent to an activating group) is 1. The highest BCUT2D eigenvalue weighted by Crippen LogP contribution is 2.20. The Hall–Kier alpha value is -1.72. The van der Waals surface area contributed by atoms with Crippen molar-refractivity contribution in [2.45, 2.75) is 19.5 Å². The summed E-state index contributed by atoms with van der Waals surface area (Å²) in [6.07, 6.45) is 0. The van der Waals surface area contributed by atoms with E-state index in [0.717, 1.165) is 17.0 Å². The molecule has 0 aliphatic rings. The van der Waals surface area contributed by atoms with Gasteiger partial charge in [-0.3, -0.25) is 4.90 Å². The molecule has 2 rings (SSSR count). The Bertz CT molecular complexity index is 524. The molecule has 0 bridgehead atoms. The number of nitrogens with zero attached hydrogens (tertiary/aromatic N) is 2. The van der Waals surface area contributed by atoms with Crippen LogP contribution in [0.4, 0.5) is 4.39 Å². The van der Waals surface area contributed by atoms with Crippen LogP contribution in [0.2, 0.25) is 0 Å². The molecule has 0 radical (unpaired) electrons. The number of hydrogen-bond acceptors (Lipinski definition) is 4. The standard InChI is InChI=1S/C14H18FN3O/c1-10-7-13(17-19-10)9-18(2)14(8-16)11-3-5-12(15)6-4-11/h3-7,14H,8-9,16H2,1-2H3. The maximum Gasteiger partial charge on any atom is 0.133 e. The Balaban J connectivity index is 2.10. The number of hydrogen-bond donors (Lipinski definition) is 1. The van der Waals surface area contributed by atoms with Gasteiger partial charge in [-0.15, -0.1) is 0 Å². The van der Waals surface area contributed by atoms with Crippen LogP contribution in [0.25, 0.3) is 0 Å². The van der Waals surface area contributed by atoms with Crippen molar-refractivity contribution in [3.05, 3.63) is 53.2 Å². The van der Waals surface area contributed by atoms with Gasteiger partial charge in [0.15, 0.2) is 0 Å². The Kier molecular flexibility index (Phi) is 4.29. The minimum Gasteiger partial charge on any atom is -0.361 e. The van der Waals surface area contributed by atoms with E-state index >= 15 is 0 Å². The van der Waals surface area contributed by atoms with Gasteiger partial charge >= 0.3 is 0 Å². The van der Waals surface area contributed by atoms with E-state index in [0.29, 0.717) is 13.1 Å². The molecule has 0 spiro atoms. The first-order valence-corrected chi connectivity index (χ1v) is 6.18. The highest BCUT2D eigenvalue weighted by atomic mass is 19.1. The van der Waals surface area contributed by atoms with Crippen molar-refractivity contribution in [3.63, 3.8) is 0 Å². The summed E-state index contributed by atoms with van der Waals surface area (Å²) in [7, 11) is 1.96. The summed E-state index contributed by atoms with van der Waals surface area (Å²) in [5, 5.41) is 3.96. The van der Waals surface area contributed by atoms with E-state index in [1.807, 2.05) is 20.0 Å². The van der Waals surface area contributed by atoms with Crippen LogP contribution in [-0.4, -0.2) is 23.6 Å². The molecular weight excluding hydrogens is 245 g/mol. The lowest BCUT2D eigenvalue weighted by Crippen LogP contribution is -2.30. The highest BCUT2D eigenvalue weighted by Gasteiger charge is 2.17. The lowest BCUT2D eigenvalue weighted by atomic mass is 10.1. The Morgan fingerprint density at radius 3 is 2.58 bits per heavy atom. The van der Waals surface area contributed by atoms with Crippen LogP contribution >= 0.6 is 0 Å². The average molecular weight is 263 g/mol. The molecule has 4 nitrogen and oxygen atoms in total. The highest BCUT2D eigenvalue weighted by molar-refractivity contribution is 5.20. The summed E-state index contributed by atoms with van der Waals surface area (Å²) >= 11 is 0. The van der Waals surface area contributed by atoms with Crippen LogP contribution in [0.1, 0.15) is 23.1 Å². The molecule has 1 unspecified atom stereocenters. The van der Waals surface area contributed by atoms with E-state index in [9.17, 15) is 4.39 Å². The molecule has 0 fully saturated rings. The summed E-state index contributed by atoms with van der Waals surface area (Å²) in [6, 6.07) is 8.35. The Morgan fingerprint density at radius 2 is 2.05 bits per heavy atom. The van der Waals surface area contributed by atoms with E-state index in [4.69, 9.17) is 10.3 Å². The molecule has 1 aromatic carbocycles. The maximum atomic E-state index is 12.9. The number of aromatic nitrogens is 1. The second-order valence-electron chi connectivity index (χ2n) is 4.65. The minimum absolute atomic E-state index is 0.0256. The van der Waals surface area contributed by atoms with Gasteiger partial charge in [0.1, 0.15) is 11.6 Å². The average Bonchev–Trinajstić information content (AvgIpc) is 2.78. The fraction of sp³-hybridized carbons (Fsp3) is 0.357. The van der Waals surface area contributed by atoms with Crippen LogP contribution < -0.4 is 5.73 Å². The normalized spacial score (nSPS) is 12.9. The Morgan fingerprint density at radius 1 is 1.37 bits per heavy atom. The van der Waals surface area contributed by atoms with Crippen molar-refractivity contribution in [1.29, 1.82) is 0 Å². The second kappa shape index (κ2) is 5.95. The first-order valence-electron chi connectivity index (χ1n) is 6.18. The van der Waals surface area contributed by atoms with Gasteiger partial charge < -0.3 is 10.3 Å². The molecule has 0 saturated carbocycles. The molecule has 19 heavy (non-hydrogen) atoms. The zero-order chi connectivity index (χ0) is 13.8. The van der Waals surface area contributed by atoms with Crippen LogP contribution in [0.3, 0.4) is 0 Å². The molecule has 0 amide bonds. The van der Waals surface area contributed by atoms with E-state index in [1.54, 1.807) is 12.1 Å². The van der Waals surface area contributed by atoms with Gasteiger partial charge in [0.05, 0.1) is 5.69 Å². The summed E-state index contributed by atoms with van der Waals surface area (Å²) < 4.78 is 18.0. The molecule has 2 aromatic rings. The first kappa shape index (κ1) is 13.7. The molecule has 1 heterocycles. The third-order valence-corrected chi connectivity index (χ3v) is 3.10. The fourth-order valence-electron chi connectivity index (χ4n) is 2.11. The minimum atomic E-state index is -0.241. The summed E-state index contributed by atoms with van der Waals surface area (Å²) in [5.74, 6) is 0.545. The largest absolute Gasteiger partial charge is 0.361 e. The lowest BCUT2D eigenvalue weighted by molar-refractivity contribution is 0.234. The number of halogens is 1. The lowest BCUT2D eigenvalue weighted by Gasteiger charge is -2.26. The van der Waals surface area contributed by atoms with Crippen LogP contribution in [-0.2, 0) is 6.54 Å². The van der Waals surface area contributed by atoms with Crippen molar-refractivity contribution in [2.24, 2.45) is 5.73 Å². The van der Waals surface area contributed by atoms with Crippen molar-refractivity contribution in [3.8, 4) is 0 Å². The van der Waals surface area contributed by atoms with Gasteiger partial charge in [0.2, 0.25) is 0 Å². The first-order chi connectivity index (χ1) is 9.10. The third-order valence-electron chi connectivity index (χ3n) is 3.10. The van der Waals surface area contributed by atoms with Gasteiger partial charge in [-0.05, 0) is 31.7 Å². The maximum absolute atomic E-state index is 12.9. The second-order valence-corrected chi connectivity index (χ2v) is 4.65. The van der Waals surface area contributed by atoms with Gasteiger partial charge in [0.25, 0.3) is 0 Å². The third kappa shape index (κ3) is 3.39. The van der Waals surface area contributed by atoms with Gasteiger partial charge in [-0.1, -0.05) is 17.3 Å². The summed E-state index contributed by atoms with van der Waals surface area (Å²) in [4.78, 5) is 2.07. The van der Waals surface area contributed by atoms with Crippen LogP contribution in [0.15, 0.2) is 34.9 Å². The van der Waals surface area contributed by atoms with E-state index in [1.165, 1.54) is 12.1 Å². The number of aryl methyl sites for hydroxylation is 1. The summed E-state index contributed by atoms with van der Waals surface area (Å²) in [6.45, 7) is 2.95. The van der Waals surface area contributed by atoms with E-state index in [2.05, 4.69) is 10.1 Å². The van der Waals surface area contributed by atoms with E-state index in [-0.39, 0.29) is 11.9 Å². The SMILES string of the molecule is Cc1cc(CN(C)C(CN)c2ccc(F)cc2)no1. The molecule has 1 aromatic heterocycles. The molecule has 2 N–H and O–H groups in total. The van der Waals surface area contributed by atoms with Crippen molar-refractivity contribution < 1.29 is 8.91 Å². The molecule has 102 valence electrons. The Labute approximate surface area is 112 Å². The van der Waals surface area contributed by atoms with Crippen molar-refractivity contribution >= 4 is 0 Å². The van der Waals surface area contributed by atoms with Crippen LogP contribution in [0.5, 0.6) is 0 Å². The topological polar surface area (TPSA) is 55.3 Å². The monoisotopic (exact) mass is 263 g/mol. The molecular formula is C14H18FN3O. The molecule has 0 aliphatic carbocycles. The van der Waals surface area contributed by atoms with Crippen molar-refractivity contribution in [2.75, 3.05) is 13.6 Å². The molecule has 5 heteroatoms. The fourth-order valence-corrected chi connectivity index (χ4v) is 2.11. The number of nitrogens with two attached hydrogens (primary N) is 1. The zero-order valence-electron chi connectivity index (χ0n) is 11.1. The number of rotatable bonds is 5. The number of benzene rings is 1.